The van der Waals surface area contributed by atoms with Crippen LogP contribution in [0.1, 0.15) is 15.9 Å². The number of carbonyl (C=O) groups excluding carboxylic acids is 1. The first kappa shape index (κ1) is 13.3. The minimum absolute atomic E-state index is 0.185. The van der Waals surface area contributed by atoms with Gasteiger partial charge in [-0.05, 0) is 36.4 Å². The van der Waals surface area contributed by atoms with Crippen LogP contribution in [-0.2, 0) is 9.84 Å². The smallest absolute Gasteiger partial charge is 0.195 e. The lowest BCUT2D eigenvalue weighted by atomic mass is 10.0. The first-order valence-electron chi connectivity index (χ1n) is 5.59. The molecule has 19 heavy (non-hydrogen) atoms. The molecule has 0 radical (unpaired) electrons. The lowest BCUT2D eigenvalue weighted by molar-refractivity contribution is 0.103. The van der Waals surface area contributed by atoms with Crippen molar-refractivity contribution in [1.29, 1.82) is 0 Å². The van der Waals surface area contributed by atoms with Crippen LogP contribution in [0.3, 0.4) is 0 Å². The molecule has 0 atom stereocenters. The van der Waals surface area contributed by atoms with E-state index in [1.807, 2.05) is 0 Å². The standard InChI is InChI=1S/C14H13NO3S/c1-19(17,18)11-8-6-10(7-9-11)14(16)12-4-2-3-5-13(12)15/h2-9H,15H2,1H3. The van der Waals surface area contributed by atoms with Crippen LogP contribution in [0.5, 0.6) is 0 Å². The molecule has 0 spiro atoms. The largest absolute Gasteiger partial charge is 0.398 e. The molecule has 4 nitrogen and oxygen atoms in total. The highest BCUT2D eigenvalue weighted by Crippen LogP contribution is 2.18. The predicted octanol–water partition coefficient (Wildman–Crippen LogP) is 1.90. The summed E-state index contributed by atoms with van der Waals surface area (Å²) in [5.74, 6) is -0.224. The third-order valence-electron chi connectivity index (χ3n) is 2.75. The maximum atomic E-state index is 12.2. The minimum Gasteiger partial charge on any atom is -0.398 e. The first-order valence-corrected chi connectivity index (χ1v) is 7.48. The van der Waals surface area contributed by atoms with Gasteiger partial charge in [-0.25, -0.2) is 8.42 Å². The molecule has 0 saturated heterocycles. The number of para-hydroxylation sites is 1. The van der Waals surface area contributed by atoms with Crippen molar-refractivity contribution in [2.45, 2.75) is 4.90 Å². The van der Waals surface area contributed by atoms with Gasteiger partial charge in [-0.3, -0.25) is 4.79 Å². The molecular weight excluding hydrogens is 262 g/mol. The summed E-state index contributed by atoms with van der Waals surface area (Å²) in [4.78, 5) is 12.4. The van der Waals surface area contributed by atoms with Crippen molar-refractivity contribution >= 4 is 21.3 Å². The number of hydrogen-bond acceptors (Lipinski definition) is 4. The molecule has 0 bridgehead atoms. The Balaban J connectivity index is 2.39. The van der Waals surface area contributed by atoms with Gasteiger partial charge < -0.3 is 5.73 Å². The number of sulfone groups is 1. The van der Waals surface area contributed by atoms with E-state index in [1.54, 1.807) is 24.3 Å². The molecule has 0 aromatic heterocycles. The monoisotopic (exact) mass is 275 g/mol. The van der Waals surface area contributed by atoms with Crippen molar-refractivity contribution in [3.8, 4) is 0 Å². The van der Waals surface area contributed by atoms with Gasteiger partial charge in [0.2, 0.25) is 0 Å². The van der Waals surface area contributed by atoms with Crippen LogP contribution in [-0.4, -0.2) is 20.5 Å². The second-order valence-electron chi connectivity index (χ2n) is 4.21. The van der Waals surface area contributed by atoms with E-state index in [2.05, 4.69) is 0 Å². The number of benzene rings is 2. The molecular formula is C14H13NO3S. The molecule has 98 valence electrons. The van der Waals surface area contributed by atoms with Crippen molar-refractivity contribution in [3.05, 3.63) is 59.7 Å². The highest BCUT2D eigenvalue weighted by molar-refractivity contribution is 7.90. The molecule has 2 rings (SSSR count). The van der Waals surface area contributed by atoms with E-state index in [0.29, 0.717) is 16.8 Å². The van der Waals surface area contributed by atoms with E-state index < -0.39 is 9.84 Å². The summed E-state index contributed by atoms with van der Waals surface area (Å²) in [5.41, 5.74) is 6.96. The van der Waals surface area contributed by atoms with Crippen LogP contribution in [0.15, 0.2) is 53.4 Å². The molecule has 5 heteroatoms. The maximum absolute atomic E-state index is 12.2. The number of nitrogens with two attached hydrogens (primary N) is 1. The number of carbonyl (C=O) groups is 1. The SMILES string of the molecule is CS(=O)(=O)c1ccc(C(=O)c2ccccc2N)cc1. The van der Waals surface area contributed by atoms with Crippen molar-refractivity contribution in [2.24, 2.45) is 0 Å². The van der Waals surface area contributed by atoms with E-state index in [0.717, 1.165) is 6.26 Å². The maximum Gasteiger partial charge on any atom is 0.195 e. The quantitative estimate of drug-likeness (QED) is 0.685. The summed E-state index contributed by atoms with van der Waals surface area (Å²) < 4.78 is 22.7. The second kappa shape index (κ2) is 4.85. The summed E-state index contributed by atoms with van der Waals surface area (Å²) in [6, 6.07) is 12.6. The fourth-order valence-corrected chi connectivity index (χ4v) is 2.34. The predicted molar refractivity (Wildman–Crippen MR) is 73.8 cm³/mol. The molecule has 2 aromatic carbocycles. The van der Waals surface area contributed by atoms with E-state index in [4.69, 9.17) is 5.73 Å². The molecule has 0 heterocycles. The van der Waals surface area contributed by atoms with Crippen LogP contribution < -0.4 is 5.73 Å². The van der Waals surface area contributed by atoms with E-state index >= 15 is 0 Å². The average Bonchev–Trinajstić information content (AvgIpc) is 2.38. The van der Waals surface area contributed by atoms with Gasteiger partial charge in [0.05, 0.1) is 4.90 Å². The summed E-state index contributed by atoms with van der Waals surface area (Å²) in [6.07, 6.45) is 1.12. The van der Waals surface area contributed by atoms with Gasteiger partial charge in [0, 0.05) is 23.1 Å². The van der Waals surface area contributed by atoms with Gasteiger partial charge in [0.1, 0.15) is 0 Å². The van der Waals surface area contributed by atoms with Crippen molar-refractivity contribution in [1.82, 2.24) is 0 Å². The Hall–Kier alpha value is -2.14. The number of rotatable bonds is 3. The zero-order chi connectivity index (χ0) is 14.0. The molecule has 0 fully saturated rings. The third kappa shape index (κ3) is 2.82. The van der Waals surface area contributed by atoms with Crippen molar-refractivity contribution in [3.63, 3.8) is 0 Å². The van der Waals surface area contributed by atoms with Crippen LogP contribution in [0.25, 0.3) is 0 Å². The normalized spacial score (nSPS) is 11.2. The summed E-state index contributed by atoms with van der Waals surface area (Å²) >= 11 is 0. The van der Waals surface area contributed by atoms with Gasteiger partial charge in [0.15, 0.2) is 15.6 Å². The minimum atomic E-state index is -3.25. The Labute approximate surface area is 111 Å². The molecule has 2 N–H and O–H groups in total. The van der Waals surface area contributed by atoms with Crippen LogP contribution >= 0.6 is 0 Å². The lowest BCUT2D eigenvalue weighted by Crippen LogP contribution is -2.05. The molecule has 0 unspecified atom stereocenters. The van der Waals surface area contributed by atoms with E-state index in [1.165, 1.54) is 24.3 Å². The second-order valence-corrected chi connectivity index (χ2v) is 6.23. The average molecular weight is 275 g/mol. The van der Waals surface area contributed by atoms with Crippen molar-refractivity contribution in [2.75, 3.05) is 12.0 Å². The fourth-order valence-electron chi connectivity index (χ4n) is 1.71. The zero-order valence-electron chi connectivity index (χ0n) is 10.3. The van der Waals surface area contributed by atoms with Gasteiger partial charge in [-0.15, -0.1) is 0 Å². The number of anilines is 1. The van der Waals surface area contributed by atoms with E-state index in [9.17, 15) is 13.2 Å². The Morgan fingerprint density at radius 2 is 1.58 bits per heavy atom. The highest BCUT2D eigenvalue weighted by atomic mass is 32.2. The third-order valence-corrected chi connectivity index (χ3v) is 3.88. The van der Waals surface area contributed by atoms with Gasteiger partial charge in [0.25, 0.3) is 0 Å². The molecule has 2 aromatic rings. The Morgan fingerprint density at radius 3 is 2.11 bits per heavy atom. The molecule has 0 aliphatic rings. The van der Waals surface area contributed by atoms with Crippen LogP contribution in [0.4, 0.5) is 5.69 Å². The summed E-state index contributed by atoms with van der Waals surface area (Å²) in [7, 11) is -3.25. The number of hydrogen-bond donors (Lipinski definition) is 1. The fraction of sp³-hybridized carbons (Fsp3) is 0.0714. The van der Waals surface area contributed by atoms with E-state index in [-0.39, 0.29) is 10.7 Å². The van der Waals surface area contributed by atoms with Crippen molar-refractivity contribution < 1.29 is 13.2 Å². The van der Waals surface area contributed by atoms with Crippen LogP contribution in [0, 0.1) is 0 Å². The molecule has 0 amide bonds. The lowest BCUT2D eigenvalue weighted by Gasteiger charge is -2.05. The van der Waals surface area contributed by atoms with Gasteiger partial charge >= 0.3 is 0 Å². The zero-order valence-corrected chi connectivity index (χ0v) is 11.1. The first-order chi connectivity index (χ1) is 8.89. The Bertz CT molecular complexity index is 719. The van der Waals surface area contributed by atoms with Gasteiger partial charge in [-0.1, -0.05) is 12.1 Å². The number of ketones is 1. The van der Waals surface area contributed by atoms with Gasteiger partial charge in [-0.2, -0.15) is 0 Å². The summed E-state index contributed by atoms with van der Waals surface area (Å²) in [6.45, 7) is 0. The van der Waals surface area contributed by atoms with Crippen LogP contribution in [0.2, 0.25) is 0 Å². The number of nitrogen functional groups attached to an aromatic ring is 1. The topological polar surface area (TPSA) is 77.2 Å². The Morgan fingerprint density at radius 1 is 1.00 bits per heavy atom. The Kier molecular flexibility index (Phi) is 3.40. The molecule has 0 aliphatic heterocycles. The highest BCUT2D eigenvalue weighted by Gasteiger charge is 2.13. The summed E-state index contributed by atoms with van der Waals surface area (Å²) in [5, 5.41) is 0. The molecule has 0 saturated carbocycles. The molecule has 0 aliphatic carbocycles.